The third-order valence-corrected chi connectivity index (χ3v) is 2.42. The standard InChI is InChI=1S/C11H15N3O5/c1-2-13-11(19)7(5-12-6-10(17)18)14-8(15)3-4-9(14)16/h3-4,7,12H,2,5-6H2,1H3,(H,13,19)(H,17,18). The molecule has 0 bridgehead atoms. The quantitative estimate of drug-likeness (QED) is 0.464. The van der Waals surface area contributed by atoms with Gasteiger partial charge in [0, 0.05) is 25.2 Å². The highest BCUT2D eigenvalue weighted by molar-refractivity contribution is 6.15. The van der Waals surface area contributed by atoms with Crippen molar-refractivity contribution in [3.05, 3.63) is 12.2 Å². The Balaban J connectivity index is 2.74. The van der Waals surface area contributed by atoms with Crippen LogP contribution in [0.15, 0.2) is 12.2 Å². The molecule has 1 rings (SSSR count). The molecule has 1 unspecified atom stereocenters. The molecule has 0 fully saturated rings. The lowest BCUT2D eigenvalue weighted by molar-refractivity contribution is -0.145. The number of carbonyl (C=O) groups excluding carboxylic acids is 3. The average molecular weight is 269 g/mol. The molecule has 0 aromatic carbocycles. The Morgan fingerprint density at radius 2 is 1.89 bits per heavy atom. The number of hydrogen-bond donors (Lipinski definition) is 3. The van der Waals surface area contributed by atoms with E-state index in [2.05, 4.69) is 10.6 Å². The van der Waals surface area contributed by atoms with Gasteiger partial charge in [0.05, 0.1) is 6.54 Å². The number of amides is 3. The van der Waals surface area contributed by atoms with Crippen molar-refractivity contribution in [2.45, 2.75) is 13.0 Å². The molecule has 1 aliphatic heterocycles. The van der Waals surface area contributed by atoms with E-state index in [1.165, 1.54) is 0 Å². The van der Waals surface area contributed by atoms with Crippen molar-refractivity contribution in [1.29, 1.82) is 0 Å². The summed E-state index contributed by atoms with van der Waals surface area (Å²) < 4.78 is 0. The van der Waals surface area contributed by atoms with E-state index >= 15 is 0 Å². The van der Waals surface area contributed by atoms with Crippen LogP contribution in [-0.2, 0) is 19.2 Å². The summed E-state index contributed by atoms with van der Waals surface area (Å²) in [7, 11) is 0. The zero-order valence-corrected chi connectivity index (χ0v) is 10.4. The fourth-order valence-electron chi connectivity index (χ4n) is 1.63. The molecule has 1 atom stereocenters. The summed E-state index contributed by atoms with van der Waals surface area (Å²) in [6, 6.07) is -1.06. The lowest BCUT2D eigenvalue weighted by Gasteiger charge is -2.25. The Bertz CT molecular complexity index is 414. The molecule has 8 nitrogen and oxygen atoms in total. The second-order valence-electron chi connectivity index (χ2n) is 3.81. The van der Waals surface area contributed by atoms with Gasteiger partial charge in [0.2, 0.25) is 5.91 Å². The molecule has 0 spiro atoms. The summed E-state index contributed by atoms with van der Waals surface area (Å²) in [5.41, 5.74) is 0. The van der Waals surface area contributed by atoms with Gasteiger partial charge in [0.1, 0.15) is 6.04 Å². The number of rotatable bonds is 7. The molecule has 104 valence electrons. The van der Waals surface area contributed by atoms with E-state index in [1.54, 1.807) is 6.92 Å². The fraction of sp³-hybridized carbons (Fsp3) is 0.455. The zero-order valence-electron chi connectivity index (χ0n) is 10.4. The molecule has 0 saturated carbocycles. The topological polar surface area (TPSA) is 116 Å². The number of carbonyl (C=O) groups is 4. The maximum atomic E-state index is 11.8. The molecule has 1 heterocycles. The van der Waals surface area contributed by atoms with Gasteiger partial charge >= 0.3 is 5.97 Å². The predicted octanol–water partition coefficient (Wildman–Crippen LogP) is -1.91. The van der Waals surface area contributed by atoms with Gasteiger partial charge in [-0.3, -0.25) is 24.1 Å². The first-order valence-corrected chi connectivity index (χ1v) is 5.72. The number of imide groups is 1. The van der Waals surface area contributed by atoms with Crippen molar-refractivity contribution in [2.75, 3.05) is 19.6 Å². The Kier molecular flexibility index (Phi) is 5.19. The van der Waals surface area contributed by atoms with Crippen LogP contribution in [0.4, 0.5) is 0 Å². The second-order valence-corrected chi connectivity index (χ2v) is 3.81. The lowest BCUT2D eigenvalue weighted by atomic mass is 10.2. The molecular weight excluding hydrogens is 254 g/mol. The van der Waals surface area contributed by atoms with Gasteiger partial charge in [0.15, 0.2) is 0 Å². The molecule has 19 heavy (non-hydrogen) atoms. The lowest BCUT2D eigenvalue weighted by Crippen LogP contribution is -2.54. The van der Waals surface area contributed by atoms with Crippen LogP contribution in [-0.4, -0.2) is 59.4 Å². The molecule has 3 amide bonds. The summed E-state index contributed by atoms with van der Waals surface area (Å²) in [6.45, 7) is 1.57. The largest absolute Gasteiger partial charge is 0.480 e. The molecule has 0 aliphatic carbocycles. The fourth-order valence-corrected chi connectivity index (χ4v) is 1.63. The van der Waals surface area contributed by atoms with Crippen LogP contribution in [0.5, 0.6) is 0 Å². The number of nitrogens with zero attached hydrogens (tertiary/aromatic N) is 1. The van der Waals surface area contributed by atoms with Crippen molar-refractivity contribution in [1.82, 2.24) is 15.5 Å². The Morgan fingerprint density at radius 3 is 2.37 bits per heavy atom. The predicted molar refractivity (Wildman–Crippen MR) is 64.0 cm³/mol. The van der Waals surface area contributed by atoms with Crippen LogP contribution >= 0.6 is 0 Å². The first-order valence-electron chi connectivity index (χ1n) is 5.72. The maximum absolute atomic E-state index is 11.8. The number of likely N-dealkylation sites (N-methyl/N-ethyl adjacent to an activating group) is 1. The molecule has 3 N–H and O–H groups in total. The first kappa shape index (κ1) is 14.8. The SMILES string of the molecule is CCNC(=O)C(CNCC(=O)O)N1C(=O)C=CC1=O. The van der Waals surface area contributed by atoms with Crippen LogP contribution < -0.4 is 10.6 Å². The summed E-state index contributed by atoms with van der Waals surface area (Å²) in [4.78, 5) is 46.1. The first-order chi connectivity index (χ1) is 8.97. The van der Waals surface area contributed by atoms with Gasteiger partial charge in [-0.25, -0.2) is 0 Å². The molecule has 0 saturated heterocycles. The Hall–Kier alpha value is -2.22. The third-order valence-electron chi connectivity index (χ3n) is 2.42. The molecular formula is C11H15N3O5. The van der Waals surface area contributed by atoms with Crippen molar-refractivity contribution in [3.63, 3.8) is 0 Å². The van der Waals surface area contributed by atoms with Crippen LogP contribution in [0.3, 0.4) is 0 Å². The Morgan fingerprint density at radius 1 is 1.32 bits per heavy atom. The van der Waals surface area contributed by atoms with Crippen molar-refractivity contribution in [2.24, 2.45) is 0 Å². The highest BCUT2D eigenvalue weighted by Gasteiger charge is 2.35. The van der Waals surface area contributed by atoms with Crippen molar-refractivity contribution >= 4 is 23.7 Å². The third kappa shape index (κ3) is 3.88. The summed E-state index contributed by atoms with van der Waals surface area (Å²) in [5.74, 6) is -2.77. The van der Waals surface area contributed by atoms with Gasteiger partial charge in [-0.15, -0.1) is 0 Å². The second kappa shape index (κ2) is 6.64. The summed E-state index contributed by atoms with van der Waals surface area (Å²) >= 11 is 0. The van der Waals surface area contributed by atoms with Crippen LogP contribution in [0.2, 0.25) is 0 Å². The highest BCUT2D eigenvalue weighted by Crippen LogP contribution is 2.09. The van der Waals surface area contributed by atoms with Gasteiger partial charge in [0.25, 0.3) is 11.8 Å². The van der Waals surface area contributed by atoms with E-state index in [0.29, 0.717) is 6.54 Å². The van der Waals surface area contributed by atoms with Crippen LogP contribution in [0.25, 0.3) is 0 Å². The van der Waals surface area contributed by atoms with Gasteiger partial charge in [-0.05, 0) is 6.92 Å². The van der Waals surface area contributed by atoms with Crippen LogP contribution in [0, 0.1) is 0 Å². The monoisotopic (exact) mass is 269 g/mol. The number of aliphatic carboxylic acids is 1. The number of carboxylic acids is 1. The van der Waals surface area contributed by atoms with E-state index in [0.717, 1.165) is 17.1 Å². The molecule has 0 aromatic heterocycles. The Labute approximate surface area is 109 Å². The summed E-state index contributed by atoms with van der Waals surface area (Å²) in [5, 5.41) is 13.5. The minimum absolute atomic E-state index is 0.114. The molecule has 0 aromatic rings. The normalized spacial score (nSPS) is 15.7. The molecule has 8 heteroatoms. The highest BCUT2D eigenvalue weighted by atomic mass is 16.4. The maximum Gasteiger partial charge on any atom is 0.317 e. The van der Waals surface area contributed by atoms with E-state index in [4.69, 9.17) is 5.11 Å². The van der Waals surface area contributed by atoms with E-state index in [9.17, 15) is 19.2 Å². The van der Waals surface area contributed by atoms with Gasteiger partial charge in [-0.2, -0.15) is 0 Å². The van der Waals surface area contributed by atoms with E-state index in [-0.39, 0.29) is 13.1 Å². The van der Waals surface area contributed by atoms with Crippen LogP contribution in [0.1, 0.15) is 6.92 Å². The van der Waals surface area contributed by atoms with E-state index < -0.39 is 29.7 Å². The number of carboxylic acid groups (broad SMARTS) is 1. The van der Waals surface area contributed by atoms with Crippen molar-refractivity contribution < 1.29 is 24.3 Å². The van der Waals surface area contributed by atoms with E-state index in [1.807, 2.05) is 0 Å². The van der Waals surface area contributed by atoms with Gasteiger partial charge in [-0.1, -0.05) is 0 Å². The molecule has 1 aliphatic rings. The number of nitrogens with one attached hydrogen (secondary N) is 2. The van der Waals surface area contributed by atoms with Gasteiger partial charge < -0.3 is 15.7 Å². The summed E-state index contributed by atoms with van der Waals surface area (Å²) in [6.07, 6.45) is 2.15. The smallest absolute Gasteiger partial charge is 0.317 e. The van der Waals surface area contributed by atoms with Crippen molar-refractivity contribution in [3.8, 4) is 0 Å². The minimum Gasteiger partial charge on any atom is -0.480 e. The average Bonchev–Trinajstić information content (AvgIpc) is 2.65. The number of hydrogen-bond acceptors (Lipinski definition) is 5. The molecule has 0 radical (unpaired) electrons. The minimum atomic E-state index is -1.09. The zero-order chi connectivity index (χ0) is 14.4.